The number of fused-ring (bicyclic) bond motifs is 1. The van der Waals surface area contributed by atoms with Crippen molar-refractivity contribution in [2.75, 3.05) is 18.0 Å². The van der Waals surface area contributed by atoms with Gasteiger partial charge in [-0.15, -0.1) is 15.3 Å². The molecule has 1 amide bonds. The Morgan fingerprint density at radius 1 is 1.06 bits per heavy atom. The molecular weight excluding hydrogens is 461 g/mol. The number of nitrogens with zero attached hydrogens (tertiary/aromatic N) is 7. The Morgan fingerprint density at radius 2 is 1.86 bits per heavy atom. The molecule has 1 saturated heterocycles. The number of piperidine rings is 1. The standard InChI is InChI=1S/C23H23F3N8O/c24-23(25,26)22-30-29-19-5-6-20(31-34(19)22)32-11-7-18(8-12-32)21(35)27-14-16-3-1-4-17(13-16)15-33-10-2-9-28-33/h1-6,9-10,13,18H,7-8,11-12,14-15H2,(H,27,35). The molecular formula is C23H23F3N8O. The molecule has 12 heteroatoms. The highest BCUT2D eigenvalue weighted by Crippen LogP contribution is 2.28. The van der Waals surface area contributed by atoms with E-state index in [0.717, 1.165) is 11.1 Å². The van der Waals surface area contributed by atoms with Crippen molar-refractivity contribution in [1.82, 2.24) is 34.9 Å². The van der Waals surface area contributed by atoms with Crippen LogP contribution in [0.5, 0.6) is 0 Å². The van der Waals surface area contributed by atoms with Crippen molar-refractivity contribution in [2.45, 2.75) is 32.1 Å². The first kappa shape index (κ1) is 22.8. The van der Waals surface area contributed by atoms with Crippen LogP contribution in [-0.2, 0) is 24.1 Å². The smallest absolute Gasteiger partial charge is 0.355 e. The maximum absolute atomic E-state index is 13.1. The summed E-state index contributed by atoms with van der Waals surface area (Å²) in [6, 6.07) is 13.0. The molecule has 0 aliphatic carbocycles. The van der Waals surface area contributed by atoms with E-state index in [-0.39, 0.29) is 17.5 Å². The summed E-state index contributed by atoms with van der Waals surface area (Å²) in [6.07, 6.45) is 0.154. The highest BCUT2D eigenvalue weighted by atomic mass is 19.4. The molecule has 0 saturated carbocycles. The fourth-order valence-corrected chi connectivity index (χ4v) is 4.25. The van der Waals surface area contributed by atoms with Crippen LogP contribution in [-0.4, -0.2) is 48.6 Å². The van der Waals surface area contributed by atoms with E-state index in [1.807, 2.05) is 46.1 Å². The molecule has 1 aliphatic rings. The van der Waals surface area contributed by atoms with E-state index in [9.17, 15) is 18.0 Å². The number of benzene rings is 1. The zero-order valence-corrected chi connectivity index (χ0v) is 18.7. The number of amides is 1. The van der Waals surface area contributed by atoms with Crippen molar-refractivity contribution in [3.63, 3.8) is 0 Å². The van der Waals surface area contributed by atoms with Gasteiger partial charge in [0.1, 0.15) is 5.82 Å². The van der Waals surface area contributed by atoms with Crippen molar-refractivity contribution in [1.29, 1.82) is 0 Å². The number of hydrogen-bond acceptors (Lipinski definition) is 6. The van der Waals surface area contributed by atoms with Crippen LogP contribution in [0.15, 0.2) is 54.9 Å². The van der Waals surface area contributed by atoms with Crippen molar-refractivity contribution in [2.24, 2.45) is 5.92 Å². The Balaban J connectivity index is 1.16. The summed E-state index contributed by atoms with van der Waals surface area (Å²) < 4.78 is 42.0. The zero-order valence-electron chi connectivity index (χ0n) is 18.7. The van der Waals surface area contributed by atoms with Gasteiger partial charge < -0.3 is 10.2 Å². The molecule has 0 radical (unpaired) electrons. The lowest BCUT2D eigenvalue weighted by Crippen LogP contribution is -2.40. The third-order valence-corrected chi connectivity index (χ3v) is 6.05. The fraction of sp³-hybridized carbons (Fsp3) is 0.348. The monoisotopic (exact) mass is 484 g/mol. The molecule has 3 aromatic heterocycles. The SMILES string of the molecule is O=C(NCc1cccc(Cn2cccn2)c1)C1CCN(c2ccc3nnc(C(F)(F)F)n3n2)CC1. The molecule has 1 fully saturated rings. The molecule has 1 N–H and O–H groups in total. The first-order chi connectivity index (χ1) is 16.9. The quantitative estimate of drug-likeness (QED) is 0.453. The summed E-state index contributed by atoms with van der Waals surface area (Å²) in [6.45, 7) is 2.11. The van der Waals surface area contributed by atoms with E-state index in [1.54, 1.807) is 12.3 Å². The molecule has 5 rings (SSSR count). The van der Waals surface area contributed by atoms with Gasteiger partial charge in [0.25, 0.3) is 5.82 Å². The van der Waals surface area contributed by atoms with Gasteiger partial charge in [0.05, 0.1) is 6.54 Å². The lowest BCUT2D eigenvalue weighted by Gasteiger charge is -2.32. The fourth-order valence-electron chi connectivity index (χ4n) is 4.25. The van der Waals surface area contributed by atoms with Gasteiger partial charge >= 0.3 is 6.18 Å². The summed E-state index contributed by atoms with van der Waals surface area (Å²) in [5, 5.41) is 18.1. The minimum atomic E-state index is -4.64. The van der Waals surface area contributed by atoms with Gasteiger partial charge in [-0.25, -0.2) is 0 Å². The van der Waals surface area contributed by atoms with Crippen LogP contribution in [0.25, 0.3) is 5.65 Å². The molecule has 0 atom stereocenters. The number of nitrogens with one attached hydrogen (secondary N) is 1. The van der Waals surface area contributed by atoms with Gasteiger partial charge in [0, 0.05) is 37.9 Å². The van der Waals surface area contributed by atoms with Crippen LogP contribution in [0.3, 0.4) is 0 Å². The number of halogens is 3. The lowest BCUT2D eigenvalue weighted by molar-refractivity contribution is -0.146. The molecule has 1 aliphatic heterocycles. The van der Waals surface area contributed by atoms with Crippen LogP contribution < -0.4 is 10.2 Å². The Labute approximate surface area is 198 Å². The number of alkyl halides is 3. The van der Waals surface area contributed by atoms with Crippen molar-refractivity contribution in [3.8, 4) is 0 Å². The second kappa shape index (κ2) is 9.35. The van der Waals surface area contributed by atoms with Crippen LogP contribution >= 0.6 is 0 Å². The Morgan fingerprint density at radius 3 is 2.60 bits per heavy atom. The van der Waals surface area contributed by atoms with Gasteiger partial charge in [0.15, 0.2) is 5.65 Å². The molecule has 9 nitrogen and oxygen atoms in total. The highest BCUT2D eigenvalue weighted by molar-refractivity contribution is 5.79. The van der Waals surface area contributed by atoms with E-state index in [4.69, 9.17) is 0 Å². The Bertz CT molecular complexity index is 1310. The average molecular weight is 484 g/mol. The van der Waals surface area contributed by atoms with E-state index < -0.39 is 12.0 Å². The van der Waals surface area contributed by atoms with E-state index in [0.29, 0.717) is 49.4 Å². The number of aromatic nitrogens is 6. The molecule has 35 heavy (non-hydrogen) atoms. The molecule has 0 unspecified atom stereocenters. The van der Waals surface area contributed by atoms with Crippen LogP contribution in [0.4, 0.5) is 19.0 Å². The van der Waals surface area contributed by atoms with Crippen LogP contribution in [0, 0.1) is 5.92 Å². The van der Waals surface area contributed by atoms with Crippen LogP contribution in [0.2, 0.25) is 0 Å². The Kier molecular flexibility index (Phi) is 6.10. The minimum Gasteiger partial charge on any atom is -0.355 e. The highest BCUT2D eigenvalue weighted by Gasteiger charge is 2.38. The van der Waals surface area contributed by atoms with Crippen LogP contribution in [0.1, 0.15) is 29.8 Å². The summed E-state index contributed by atoms with van der Waals surface area (Å²) in [5.74, 6) is -0.945. The van der Waals surface area contributed by atoms with Gasteiger partial charge in [-0.2, -0.15) is 22.8 Å². The molecule has 0 spiro atoms. The maximum atomic E-state index is 13.1. The summed E-state index contributed by atoms with van der Waals surface area (Å²) >= 11 is 0. The van der Waals surface area contributed by atoms with E-state index in [2.05, 4.69) is 25.7 Å². The molecule has 1 aromatic carbocycles. The first-order valence-electron chi connectivity index (χ1n) is 11.2. The number of carbonyl (C=O) groups is 1. The van der Waals surface area contributed by atoms with E-state index in [1.165, 1.54) is 6.07 Å². The summed E-state index contributed by atoms with van der Waals surface area (Å²) in [7, 11) is 0. The number of hydrogen-bond donors (Lipinski definition) is 1. The predicted octanol–water partition coefficient (Wildman–Crippen LogP) is 2.92. The lowest BCUT2D eigenvalue weighted by atomic mass is 9.96. The van der Waals surface area contributed by atoms with Gasteiger partial charge in [-0.05, 0) is 42.2 Å². The first-order valence-corrected chi connectivity index (χ1v) is 11.2. The molecule has 4 heterocycles. The van der Waals surface area contributed by atoms with Crippen molar-refractivity contribution < 1.29 is 18.0 Å². The third-order valence-electron chi connectivity index (χ3n) is 6.05. The van der Waals surface area contributed by atoms with Gasteiger partial charge in [0.2, 0.25) is 5.91 Å². The molecule has 182 valence electrons. The average Bonchev–Trinajstić information content (AvgIpc) is 3.52. The normalized spacial score (nSPS) is 15.0. The second-order valence-electron chi connectivity index (χ2n) is 8.49. The zero-order chi connectivity index (χ0) is 24.4. The van der Waals surface area contributed by atoms with Gasteiger partial charge in [-0.3, -0.25) is 9.48 Å². The maximum Gasteiger partial charge on any atom is 0.453 e. The van der Waals surface area contributed by atoms with Crippen molar-refractivity contribution >= 4 is 17.4 Å². The minimum absolute atomic E-state index is 0.0243. The Hall–Kier alpha value is -3.96. The summed E-state index contributed by atoms with van der Waals surface area (Å²) in [4.78, 5) is 14.6. The second-order valence-corrected chi connectivity index (χ2v) is 8.49. The largest absolute Gasteiger partial charge is 0.453 e. The third kappa shape index (κ3) is 5.10. The number of rotatable bonds is 6. The predicted molar refractivity (Wildman–Crippen MR) is 120 cm³/mol. The van der Waals surface area contributed by atoms with Crippen molar-refractivity contribution in [3.05, 3.63) is 71.8 Å². The van der Waals surface area contributed by atoms with Gasteiger partial charge in [-0.1, -0.05) is 24.3 Å². The van der Waals surface area contributed by atoms with E-state index >= 15 is 0 Å². The molecule has 0 bridgehead atoms. The topological polar surface area (TPSA) is 93.2 Å². The summed E-state index contributed by atoms with van der Waals surface area (Å²) in [5.41, 5.74) is 2.14. The molecule has 4 aromatic rings. The number of carbonyl (C=O) groups excluding carboxylic acids is 1. The number of anilines is 1.